The molecular formula is C23H20IN3O3. The van der Waals surface area contributed by atoms with Crippen molar-refractivity contribution in [2.24, 2.45) is 0 Å². The lowest BCUT2D eigenvalue weighted by atomic mass is 10.1. The van der Waals surface area contributed by atoms with Crippen LogP contribution in [-0.4, -0.2) is 31.0 Å². The standard InChI is InChI=1S/C23H20IN3O3/c1-29-21-12-16(10-19(14-26)23(28)27-8-4-5-9-27)11-20(24)22(21)30-15-18-7-3-2-6-17(18)13-25/h2-3,6-7,10-12H,4-5,8-9,15H2,1H3/b19-10+. The minimum absolute atomic E-state index is 0.103. The molecular weight excluding hydrogens is 493 g/mol. The first-order chi connectivity index (χ1) is 14.6. The fourth-order valence-electron chi connectivity index (χ4n) is 3.27. The molecule has 6 nitrogen and oxygen atoms in total. The number of nitriles is 2. The molecule has 0 atom stereocenters. The highest BCUT2D eigenvalue weighted by atomic mass is 127. The number of carbonyl (C=O) groups is 1. The van der Waals surface area contributed by atoms with E-state index in [0.717, 1.165) is 22.0 Å². The van der Waals surface area contributed by atoms with Gasteiger partial charge >= 0.3 is 0 Å². The van der Waals surface area contributed by atoms with Gasteiger partial charge in [0.15, 0.2) is 11.5 Å². The van der Waals surface area contributed by atoms with Crippen LogP contribution in [0.2, 0.25) is 0 Å². The Balaban J connectivity index is 1.85. The van der Waals surface area contributed by atoms with Gasteiger partial charge in [0.25, 0.3) is 5.91 Å². The monoisotopic (exact) mass is 513 g/mol. The molecule has 0 N–H and O–H groups in total. The number of halogens is 1. The summed E-state index contributed by atoms with van der Waals surface area (Å²) in [7, 11) is 1.54. The fraction of sp³-hybridized carbons (Fsp3) is 0.261. The topological polar surface area (TPSA) is 86.3 Å². The lowest BCUT2D eigenvalue weighted by molar-refractivity contribution is -0.125. The van der Waals surface area contributed by atoms with Crippen LogP contribution in [0.15, 0.2) is 42.0 Å². The van der Waals surface area contributed by atoms with Crippen molar-refractivity contribution in [3.05, 3.63) is 62.2 Å². The second-order valence-electron chi connectivity index (χ2n) is 6.76. The van der Waals surface area contributed by atoms with E-state index in [4.69, 9.17) is 9.47 Å². The third-order valence-corrected chi connectivity index (χ3v) is 5.62. The van der Waals surface area contributed by atoms with Crippen LogP contribution in [0.4, 0.5) is 0 Å². The van der Waals surface area contributed by atoms with Gasteiger partial charge in [-0.3, -0.25) is 4.79 Å². The van der Waals surface area contributed by atoms with Crippen molar-refractivity contribution in [3.8, 4) is 23.6 Å². The average molecular weight is 513 g/mol. The molecule has 0 spiro atoms. The molecule has 1 aliphatic rings. The van der Waals surface area contributed by atoms with Crippen molar-refractivity contribution < 1.29 is 14.3 Å². The zero-order valence-corrected chi connectivity index (χ0v) is 18.7. The summed E-state index contributed by atoms with van der Waals surface area (Å²) in [6.45, 7) is 1.60. The summed E-state index contributed by atoms with van der Waals surface area (Å²) in [5, 5.41) is 18.7. The van der Waals surface area contributed by atoms with Crippen molar-refractivity contribution in [1.29, 1.82) is 10.5 Å². The molecule has 7 heteroatoms. The predicted molar refractivity (Wildman–Crippen MR) is 121 cm³/mol. The number of benzene rings is 2. The first-order valence-corrected chi connectivity index (χ1v) is 10.5. The van der Waals surface area contributed by atoms with Crippen molar-refractivity contribution in [2.75, 3.05) is 20.2 Å². The highest BCUT2D eigenvalue weighted by Gasteiger charge is 2.22. The summed E-state index contributed by atoms with van der Waals surface area (Å²) in [4.78, 5) is 14.3. The van der Waals surface area contributed by atoms with Crippen LogP contribution in [0, 0.1) is 26.2 Å². The lowest BCUT2D eigenvalue weighted by Crippen LogP contribution is -2.28. The number of carbonyl (C=O) groups excluding carboxylic acids is 1. The van der Waals surface area contributed by atoms with E-state index in [1.807, 2.05) is 30.3 Å². The first-order valence-electron chi connectivity index (χ1n) is 9.46. The number of hydrogen-bond acceptors (Lipinski definition) is 5. The predicted octanol–water partition coefficient (Wildman–Crippen LogP) is 4.28. The van der Waals surface area contributed by atoms with E-state index in [9.17, 15) is 15.3 Å². The number of amides is 1. The second kappa shape index (κ2) is 10.1. The van der Waals surface area contributed by atoms with E-state index >= 15 is 0 Å². The van der Waals surface area contributed by atoms with Crippen molar-refractivity contribution in [3.63, 3.8) is 0 Å². The summed E-state index contributed by atoms with van der Waals surface area (Å²) in [6.07, 6.45) is 3.52. The molecule has 2 aromatic carbocycles. The van der Waals surface area contributed by atoms with Gasteiger partial charge in [-0.25, -0.2) is 0 Å². The Morgan fingerprint density at radius 2 is 1.97 bits per heavy atom. The van der Waals surface area contributed by atoms with E-state index in [1.54, 1.807) is 23.1 Å². The van der Waals surface area contributed by atoms with Crippen molar-refractivity contribution in [2.45, 2.75) is 19.4 Å². The van der Waals surface area contributed by atoms with Gasteiger partial charge in [-0.15, -0.1) is 0 Å². The molecule has 1 heterocycles. The van der Waals surface area contributed by atoms with Gasteiger partial charge in [0.2, 0.25) is 0 Å². The maximum Gasteiger partial charge on any atom is 0.264 e. The molecule has 1 saturated heterocycles. The van der Waals surface area contributed by atoms with E-state index in [0.29, 0.717) is 35.7 Å². The molecule has 0 bridgehead atoms. The highest BCUT2D eigenvalue weighted by Crippen LogP contribution is 2.35. The smallest absolute Gasteiger partial charge is 0.264 e. The van der Waals surface area contributed by atoms with Crippen molar-refractivity contribution in [1.82, 2.24) is 4.90 Å². The van der Waals surface area contributed by atoms with E-state index < -0.39 is 0 Å². The first kappa shape index (κ1) is 21.7. The number of rotatable bonds is 6. The van der Waals surface area contributed by atoms with Gasteiger partial charge in [-0.05, 0) is 65.3 Å². The third-order valence-electron chi connectivity index (χ3n) is 4.82. The maximum absolute atomic E-state index is 12.6. The second-order valence-corrected chi connectivity index (χ2v) is 7.92. The van der Waals surface area contributed by atoms with Gasteiger partial charge in [0.05, 0.1) is 22.3 Å². The summed E-state index contributed by atoms with van der Waals surface area (Å²) >= 11 is 2.13. The zero-order chi connectivity index (χ0) is 21.5. The van der Waals surface area contributed by atoms with Gasteiger partial charge in [0.1, 0.15) is 18.2 Å². The van der Waals surface area contributed by atoms with Crippen LogP contribution in [0.1, 0.15) is 29.5 Å². The molecule has 0 unspecified atom stereocenters. The Bertz CT molecular complexity index is 1060. The van der Waals surface area contributed by atoms with E-state index in [1.165, 1.54) is 7.11 Å². The van der Waals surface area contributed by atoms with Crippen LogP contribution in [0.5, 0.6) is 11.5 Å². The molecule has 1 amide bonds. The maximum atomic E-state index is 12.6. The Hall–Kier alpha value is -3.04. The molecule has 30 heavy (non-hydrogen) atoms. The Morgan fingerprint density at radius 3 is 2.63 bits per heavy atom. The molecule has 3 rings (SSSR count). The molecule has 1 aliphatic heterocycles. The number of methoxy groups -OCH3 is 1. The Kier molecular flexibility index (Phi) is 7.31. The number of ether oxygens (including phenoxy) is 2. The molecule has 0 aromatic heterocycles. The summed E-state index contributed by atoms with van der Waals surface area (Å²) in [5.74, 6) is 0.804. The largest absolute Gasteiger partial charge is 0.493 e. The van der Waals surface area contributed by atoms with Crippen LogP contribution >= 0.6 is 22.6 Å². The Morgan fingerprint density at radius 1 is 1.23 bits per heavy atom. The Labute approximate surface area is 189 Å². The van der Waals surface area contributed by atoms with Crippen LogP contribution < -0.4 is 9.47 Å². The zero-order valence-electron chi connectivity index (χ0n) is 16.5. The summed E-state index contributed by atoms with van der Waals surface area (Å²) < 4.78 is 12.2. The SMILES string of the molecule is COc1cc(/C=C(\C#N)C(=O)N2CCCC2)cc(I)c1OCc1ccccc1C#N. The third kappa shape index (κ3) is 4.92. The number of nitrogens with zero attached hydrogens (tertiary/aromatic N) is 3. The minimum Gasteiger partial charge on any atom is -0.493 e. The quantitative estimate of drug-likeness (QED) is 0.327. The van der Waals surface area contributed by atoms with E-state index in [2.05, 4.69) is 28.7 Å². The van der Waals surface area contributed by atoms with Gasteiger partial charge < -0.3 is 14.4 Å². The van der Waals surface area contributed by atoms with Gasteiger partial charge in [-0.2, -0.15) is 10.5 Å². The van der Waals surface area contributed by atoms with Crippen molar-refractivity contribution >= 4 is 34.6 Å². The molecule has 0 aliphatic carbocycles. The van der Waals surface area contributed by atoms with Crippen LogP contribution in [-0.2, 0) is 11.4 Å². The average Bonchev–Trinajstić information content (AvgIpc) is 3.31. The molecule has 0 saturated carbocycles. The molecule has 1 fully saturated rings. The fourth-order valence-corrected chi connectivity index (χ4v) is 4.05. The van der Waals surface area contributed by atoms with E-state index in [-0.39, 0.29) is 18.1 Å². The molecule has 2 aromatic rings. The van der Waals surface area contributed by atoms with Crippen LogP contribution in [0.25, 0.3) is 6.08 Å². The van der Waals surface area contributed by atoms with Gasteiger partial charge in [-0.1, -0.05) is 18.2 Å². The van der Waals surface area contributed by atoms with Gasteiger partial charge in [0, 0.05) is 18.7 Å². The summed E-state index contributed by atoms with van der Waals surface area (Å²) in [5.41, 5.74) is 2.13. The molecule has 0 radical (unpaired) electrons. The number of hydrogen-bond donors (Lipinski definition) is 0. The molecule has 152 valence electrons. The summed E-state index contributed by atoms with van der Waals surface area (Å²) in [6, 6.07) is 15.0. The highest BCUT2D eigenvalue weighted by molar-refractivity contribution is 14.1. The van der Waals surface area contributed by atoms with Crippen LogP contribution in [0.3, 0.4) is 0 Å². The number of likely N-dealkylation sites (tertiary alicyclic amines) is 1. The normalized spacial score (nSPS) is 13.5. The minimum atomic E-state index is -0.239. The lowest BCUT2D eigenvalue weighted by Gasteiger charge is -2.15.